The maximum Gasteiger partial charge on any atom is 0.281 e. The van der Waals surface area contributed by atoms with E-state index in [4.69, 9.17) is 0 Å². The maximum absolute atomic E-state index is 12.7. The van der Waals surface area contributed by atoms with E-state index in [2.05, 4.69) is 10.3 Å². The highest BCUT2D eigenvalue weighted by Crippen LogP contribution is 2.25. The fraction of sp³-hybridized carbons (Fsp3) is 0.867. The molecule has 9 heteroatoms. The number of piperidine rings is 1. The van der Waals surface area contributed by atoms with Gasteiger partial charge in [0.2, 0.25) is 0 Å². The van der Waals surface area contributed by atoms with Crippen LogP contribution < -0.4 is 0 Å². The lowest BCUT2D eigenvalue weighted by molar-refractivity contribution is 0.0737. The largest absolute Gasteiger partial charge is 0.384 e. The third-order valence-electron chi connectivity index (χ3n) is 4.81. The summed E-state index contributed by atoms with van der Waals surface area (Å²) >= 11 is 0. The van der Waals surface area contributed by atoms with Gasteiger partial charge in [-0.3, -0.25) is 4.68 Å². The molecule has 0 aliphatic carbocycles. The number of hydrogen-bond donors (Lipinski definition) is 1. The van der Waals surface area contributed by atoms with E-state index in [0.29, 0.717) is 38.4 Å². The van der Waals surface area contributed by atoms with Gasteiger partial charge in [0.1, 0.15) is 11.3 Å². The number of nitrogens with zero attached hydrogens (tertiary/aromatic N) is 5. The van der Waals surface area contributed by atoms with Crippen LogP contribution in [0, 0.1) is 5.92 Å². The molecule has 24 heavy (non-hydrogen) atoms. The van der Waals surface area contributed by atoms with Gasteiger partial charge >= 0.3 is 0 Å². The molecule has 0 radical (unpaired) electrons. The molecule has 3 rings (SSSR count). The normalized spacial score (nSPS) is 24.5. The van der Waals surface area contributed by atoms with Crippen molar-refractivity contribution in [3.8, 4) is 0 Å². The zero-order chi connectivity index (χ0) is 17.4. The van der Waals surface area contributed by atoms with Crippen molar-refractivity contribution in [2.45, 2.75) is 51.7 Å². The Labute approximate surface area is 143 Å². The third kappa shape index (κ3) is 3.79. The van der Waals surface area contributed by atoms with Crippen molar-refractivity contribution < 1.29 is 13.5 Å². The standard InChI is InChI=1S/C15H27N5O3S/c1-15(2,21)14-12-18(17-16-14)10-13-6-5-9-20(11-13)24(22,23)19-7-3-4-8-19/h12-13,21H,3-11H2,1-2H3/t13-/m1/s1. The van der Waals surface area contributed by atoms with Crippen molar-refractivity contribution in [1.29, 1.82) is 0 Å². The second-order valence-corrected chi connectivity index (χ2v) is 9.29. The zero-order valence-electron chi connectivity index (χ0n) is 14.4. The molecule has 1 atom stereocenters. The summed E-state index contributed by atoms with van der Waals surface area (Å²) in [7, 11) is -3.32. The number of hydrogen-bond acceptors (Lipinski definition) is 5. The van der Waals surface area contributed by atoms with Crippen LogP contribution in [0.4, 0.5) is 0 Å². The first kappa shape index (κ1) is 17.8. The van der Waals surface area contributed by atoms with Crippen molar-refractivity contribution >= 4 is 10.2 Å². The van der Waals surface area contributed by atoms with Crippen LogP contribution in [0.5, 0.6) is 0 Å². The Morgan fingerprint density at radius 2 is 1.88 bits per heavy atom. The summed E-state index contributed by atoms with van der Waals surface area (Å²) in [6.45, 7) is 6.37. The number of rotatable bonds is 5. The summed E-state index contributed by atoms with van der Waals surface area (Å²) in [5, 5.41) is 18.0. The van der Waals surface area contributed by atoms with Gasteiger partial charge in [-0.2, -0.15) is 17.0 Å². The number of aromatic nitrogens is 3. The molecule has 0 amide bonds. The summed E-state index contributed by atoms with van der Waals surface area (Å²) in [4.78, 5) is 0. The van der Waals surface area contributed by atoms with E-state index < -0.39 is 15.8 Å². The van der Waals surface area contributed by atoms with Gasteiger partial charge in [0.25, 0.3) is 10.2 Å². The molecule has 8 nitrogen and oxygen atoms in total. The van der Waals surface area contributed by atoms with Crippen molar-refractivity contribution in [3.05, 3.63) is 11.9 Å². The first-order chi connectivity index (χ1) is 11.3. The van der Waals surface area contributed by atoms with Gasteiger partial charge in [-0.05, 0) is 45.4 Å². The number of aliphatic hydroxyl groups is 1. The van der Waals surface area contributed by atoms with Crippen LogP contribution in [0.2, 0.25) is 0 Å². The molecule has 0 saturated carbocycles. The van der Waals surface area contributed by atoms with Crippen LogP contribution >= 0.6 is 0 Å². The predicted octanol–water partition coefficient (Wildman–Crippen LogP) is 0.558. The molecule has 1 N–H and O–H groups in total. The van der Waals surface area contributed by atoms with E-state index in [1.807, 2.05) is 0 Å². The minimum Gasteiger partial charge on any atom is -0.384 e. The quantitative estimate of drug-likeness (QED) is 0.831. The van der Waals surface area contributed by atoms with Gasteiger partial charge in [0.15, 0.2) is 0 Å². The average molecular weight is 357 g/mol. The van der Waals surface area contributed by atoms with Gasteiger partial charge in [-0.1, -0.05) is 5.21 Å². The fourth-order valence-electron chi connectivity index (χ4n) is 3.40. The lowest BCUT2D eigenvalue weighted by Gasteiger charge is -2.34. The van der Waals surface area contributed by atoms with Crippen molar-refractivity contribution in [1.82, 2.24) is 23.6 Å². The van der Waals surface area contributed by atoms with Crippen LogP contribution in [0.15, 0.2) is 6.20 Å². The van der Waals surface area contributed by atoms with Gasteiger partial charge in [0.05, 0.1) is 6.20 Å². The van der Waals surface area contributed by atoms with Crippen LogP contribution in [-0.4, -0.2) is 63.3 Å². The fourth-order valence-corrected chi connectivity index (χ4v) is 5.21. The molecule has 0 spiro atoms. The Morgan fingerprint density at radius 3 is 2.50 bits per heavy atom. The van der Waals surface area contributed by atoms with Crippen molar-refractivity contribution in [2.24, 2.45) is 5.92 Å². The summed E-state index contributed by atoms with van der Waals surface area (Å²) < 4.78 is 30.4. The molecule has 136 valence electrons. The van der Waals surface area contributed by atoms with Crippen molar-refractivity contribution in [2.75, 3.05) is 26.2 Å². The van der Waals surface area contributed by atoms with E-state index >= 15 is 0 Å². The highest BCUT2D eigenvalue weighted by Gasteiger charge is 2.35. The second-order valence-electron chi connectivity index (χ2n) is 7.37. The summed E-state index contributed by atoms with van der Waals surface area (Å²) in [5.74, 6) is 0.215. The predicted molar refractivity (Wildman–Crippen MR) is 89.3 cm³/mol. The van der Waals surface area contributed by atoms with Crippen LogP contribution in [-0.2, 0) is 22.4 Å². The molecule has 0 aromatic carbocycles. The molecule has 0 bridgehead atoms. The summed E-state index contributed by atoms with van der Waals surface area (Å²) in [6, 6.07) is 0. The molecule has 2 fully saturated rings. The lowest BCUT2D eigenvalue weighted by Crippen LogP contribution is -2.47. The lowest BCUT2D eigenvalue weighted by atomic mass is 10.00. The molecule has 1 aromatic heterocycles. The Bertz CT molecular complexity index is 661. The van der Waals surface area contributed by atoms with Crippen LogP contribution in [0.1, 0.15) is 45.2 Å². The van der Waals surface area contributed by atoms with Gasteiger partial charge in [-0.15, -0.1) is 5.10 Å². The first-order valence-electron chi connectivity index (χ1n) is 8.65. The van der Waals surface area contributed by atoms with E-state index in [1.54, 1.807) is 33.3 Å². The molecule has 2 aliphatic rings. The summed E-state index contributed by atoms with van der Waals surface area (Å²) in [5.41, 5.74) is -0.490. The Kier molecular flexibility index (Phi) is 4.96. The SMILES string of the molecule is CC(C)(O)c1cn(C[C@H]2CCCN(S(=O)(=O)N3CCCC3)C2)nn1. The molecule has 2 saturated heterocycles. The smallest absolute Gasteiger partial charge is 0.281 e. The van der Waals surface area contributed by atoms with Crippen LogP contribution in [0.25, 0.3) is 0 Å². The van der Waals surface area contributed by atoms with E-state index in [1.165, 1.54) is 0 Å². The zero-order valence-corrected chi connectivity index (χ0v) is 15.2. The van der Waals surface area contributed by atoms with Gasteiger partial charge < -0.3 is 5.11 Å². The van der Waals surface area contributed by atoms with Crippen LogP contribution in [0.3, 0.4) is 0 Å². The third-order valence-corrected chi connectivity index (χ3v) is 6.81. The highest BCUT2D eigenvalue weighted by molar-refractivity contribution is 7.86. The Hall–Kier alpha value is -1.03. The Morgan fingerprint density at radius 1 is 1.21 bits per heavy atom. The minimum atomic E-state index is -3.32. The molecular formula is C15H27N5O3S. The van der Waals surface area contributed by atoms with E-state index in [-0.39, 0.29) is 5.92 Å². The van der Waals surface area contributed by atoms with Gasteiger partial charge in [-0.25, -0.2) is 0 Å². The molecule has 3 heterocycles. The molecule has 1 aromatic rings. The molecule has 2 aliphatic heterocycles. The van der Waals surface area contributed by atoms with E-state index in [0.717, 1.165) is 25.7 Å². The molecule has 0 unspecified atom stereocenters. The second kappa shape index (κ2) is 6.70. The summed E-state index contributed by atoms with van der Waals surface area (Å²) in [6.07, 6.45) is 5.49. The highest BCUT2D eigenvalue weighted by atomic mass is 32.2. The topological polar surface area (TPSA) is 91.6 Å². The first-order valence-corrected chi connectivity index (χ1v) is 10.0. The Balaban J connectivity index is 1.64. The van der Waals surface area contributed by atoms with E-state index in [9.17, 15) is 13.5 Å². The molecular weight excluding hydrogens is 330 g/mol. The van der Waals surface area contributed by atoms with Crippen molar-refractivity contribution in [3.63, 3.8) is 0 Å². The minimum absolute atomic E-state index is 0.215. The monoisotopic (exact) mass is 357 g/mol. The average Bonchev–Trinajstić information content (AvgIpc) is 3.18. The maximum atomic E-state index is 12.7. The van der Waals surface area contributed by atoms with Gasteiger partial charge in [0, 0.05) is 32.7 Å².